The highest BCUT2D eigenvalue weighted by Crippen LogP contribution is 2.31. The fourth-order valence-corrected chi connectivity index (χ4v) is 7.09. The summed E-state index contributed by atoms with van der Waals surface area (Å²) < 4.78 is 31.1. The standard InChI is InChI=1S/C35H43N3O6S/c1-23-29-20-24(19-27-12-8-9-13-28(27)29)11-7-5-6-10-18-45(42,43)22-25-14-15-26(30(21-25)33(40)32(23)36)16-17-31(39)37-38-34(41)44-35(2,3)4/h8-9,12-15,19-21,23,36H,5-7,10-11,16-18,22H2,1-4H3,(H,37,39)(H,38,41)/t23-/m1/s1. The molecule has 3 N–H and O–H groups in total. The molecule has 4 bridgehead atoms. The third-order valence-electron chi connectivity index (χ3n) is 7.90. The molecule has 240 valence electrons. The lowest BCUT2D eigenvalue weighted by atomic mass is 9.85. The maximum atomic E-state index is 14.0. The monoisotopic (exact) mass is 633 g/mol. The number of carbonyl (C=O) groups excluding carboxylic acids is 3. The lowest BCUT2D eigenvalue weighted by Gasteiger charge is -2.20. The van der Waals surface area contributed by atoms with E-state index < -0.39 is 39.1 Å². The van der Waals surface area contributed by atoms with Crippen LogP contribution in [0.3, 0.4) is 0 Å². The summed E-state index contributed by atoms with van der Waals surface area (Å²) in [7, 11) is -3.41. The van der Waals surface area contributed by atoms with Crippen LogP contribution in [0.2, 0.25) is 0 Å². The molecule has 0 saturated heterocycles. The Morgan fingerprint density at radius 3 is 2.44 bits per heavy atom. The molecule has 0 aliphatic carbocycles. The van der Waals surface area contributed by atoms with Gasteiger partial charge in [-0.05, 0) is 85.5 Å². The number of ketones is 1. The second-order valence-electron chi connectivity index (χ2n) is 12.8. The smallest absolute Gasteiger partial charge is 0.426 e. The largest absolute Gasteiger partial charge is 0.443 e. The van der Waals surface area contributed by atoms with E-state index in [0.29, 0.717) is 17.5 Å². The number of benzene rings is 3. The molecule has 1 aliphatic heterocycles. The summed E-state index contributed by atoms with van der Waals surface area (Å²) in [6.45, 7) is 6.96. The SMILES string of the molecule is C[C@H]1C(=N)C(=O)c2cc(ccc2CCC(=O)NNC(=O)OC(C)(C)C)CS(=O)(=O)CCCCCCc2cc1c1ccccc1c2. The van der Waals surface area contributed by atoms with Crippen LogP contribution < -0.4 is 10.9 Å². The fourth-order valence-electron chi connectivity index (χ4n) is 5.61. The summed E-state index contributed by atoms with van der Waals surface area (Å²) in [6.07, 6.45) is 3.33. The second kappa shape index (κ2) is 14.4. The van der Waals surface area contributed by atoms with Crippen LogP contribution in [0.4, 0.5) is 4.79 Å². The number of carbonyl (C=O) groups is 3. The molecule has 1 atom stereocenters. The third kappa shape index (κ3) is 9.47. The van der Waals surface area contributed by atoms with E-state index >= 15 is 0 Å². The number of fused-ring (bicyclic) bond motifs is 6. The van der Waals surface area contributed by atoms with E-state index in [4.69, 9.17) is 10.1 Å². The maximum Gasteiger partial charge on any atom is 0.426 e. The summed E-state index contributed by atoms with van der Waals surface area (Å²) in [4.78, 5) is 38.5. The van der Waals surface area contributed by atoms with E-state index in [0.717, 1.165) is 47.6 Å². The zero-order valence-corrected chi connectivity index (χ0v) is 27.3. The Bertz CT molecular complexity index is 1710. The van der Waals surface area contributed by atoms with Crippen LogP contribution in [0.1, 0.15) is 98.3 Å². The minimum atomic E-state index is -3.41. The quantitative estimate of drug-likeness (QED) is 0.286. The molecule has 1 heterocycles. The molecule has 0 aromatic heterocycles. The molecule has 0 fully saturated rings. The van der Waals surface area contributed by atoms with Gasteiger partial charge >= 0.3 is 6.09 Å². The van der Waals surface area contributed by atoms with Crippen LogP contribution in [-0.4, -0.2) is 43.3 Å². The number of hydrazine groups is 1. The molecule has 3 aromatic rings. The van der Waals surface area contributed by atoms with Crippen molar-refractivity contribution >= 4 is 44.1 Å². The number of hydrogen-bond donors (Lipinski definition) is 3. The topological polar surface area (TPSA) is 142 Å². The second-order valence-corrected chi connectivity index (χ2v) is 15.0. The first-order valence-corrected chi connectivity index (χ1v) is 17.3. The molecule has 9 nitrogen and oxygen atoms in total. The summed E-state index contributed by atoms with van der Waals surface area (Å²) in [5, 5.41) is 11.1. The average molecular weight is 634 g/mol. The van der Waals surface area contributed by atoms with Gasteiger partial charge in [0.15, 0.2) is 9.84 Å². The highest BCUT2D eigenvalue weighted by atomic mass is 32.2. The molecule has 0 radical (unpaired) electrons. The Morgan fingerprint density at radius 2 is 1.69 bits per heavy atom. The molecule has 0 saturated carbocycles. The molecule has 45 heavy (non-hydrogen) atoms. The fraction of sp³-hybridized carbons (Fsp3) is 0.429. The van der Waals surface area contributed by atoms with Gasteiger partial charge in [-0.1, -0.05) is 68.3 Å². The number of Topliss-reactive ketones (excluding diaryl/α,β-unsaturated/α-hetero) is 1. The number of rotatable bonds is 3. The summed E-state index contributed by atoms with van der Waals surface area (Å²) in [6, 6.07) is 17.1. The summed E-state index contributed by atoms with van der Waals surface area (Å²) in [5.41, 5.74) is 6.90. The number of aryl methyl sites for hydroxylation is 2. The number of amides is 2. The van der Waals surface area contributed by atoms with Gasteiger partial charge in [0, 0.05) is 17.9 Å². The third-order valence-corrected chi connectivity index (χ3v) is 9.58. The van der Waals surface area contributed by atoms with Crippen molar-refractivity contribution in [2.45, 2.75) is 89.9 Å². The van der Waals surface area contributed by atoms with Crippen LogP contribution in [0.15, 0.2) is 54.6 Å². The predicted octanol–water partition coefficient (Wildman–Crippen LogP) is 6.37. The molecule has 2 amide bonds. The van der Waals surface area contributed by atoms with E-state index in [-0.39, 0.29) is 35.6 Å². The molecule has 1 aliphatic rings. The zero-order chi connectivity index (χ0) is 32.8. The lowest BCUT2D eigenvalue weighted by Crippen LogP contribution is -2.44. The van der Waals surface area contributed by atoms with Crippen LogP contribution >= 0.6 is 0 Å². The number of sulfone groups is 1. The molecule has 0 spiro atoms. The Morgan fingerprint density at radius 1 is 0.956 bits per heavy atom. The number of nitrogens with one attached hydrogen (secondary N) is 3. The van der Waals surface area contributed by atoms with Crippen LogP contribution in [0.25, 0.3) is 10.8 Å². The van der Waals surface area contributed by atoms with Crippen molar-refractivity contribution in [1.29, 1.82) is 5.41 Å². The van der Waals surface area contributed by atoms with Gasteiger partial charge in [-0.3, -0.25) is 15.0 Å². The van der Waals surface area contributed by atoms with Gasteiger partial charge in [0.25, 0.3) is 0 Å². The normalized spacial score (nSPS) is 17.7. The number of ether oxygens (including phenoxy) is 1. The first-order chi connectivity index (χ1) is 21.2. The van der Waals surface area contributed by atoms with E-state index in [1.165, 1.54) is 0 Å². The lowest BCUT2D eigenvalue weighted by molar-refractivity contribution is -0.122. The van der Waals surface area contributed by atoms with Gasteiger partial charge < -0.3 is 10.1 Å². The van der Waals surface area contributed by atoms with E-state index in [1.807, 2.05) is 31.2 Å². The van der Waals surface area contributed by atoms with E-state index in [2.05, 4.69) is 23.0 Å². The maximum absolute atomic E-state index is 14.0. The van der Waals surface area contributed by atoms with Crippen molar-refractivity contribution in [3.8, 4) is 0 Å². The van der Waals surface area contributed by atoms with Gasteiger partial charge in [0.05, 0.1) is 17.2 Å². The molecule has 10 heteroatoms. The summed E-state index contributed by atoms with van der Waals surface area (Å²) >= 11 is 0. The first kappa shape index (κ1) is 33.8. The predicted molar refractivity (Wildman–Crippen MR) is 176 cm³/mol. The van der Waals surface area contributed by atoms with Gasteiger partial charge in [0.2, 0.25) is 11.7 Å². The minimum absolute atomic E-state index is 0.0653. The van der Waals surface area contributed by atoms with Gasteiger partial charge in [0.1, 0.15) is 5.60 Å². The molecular weight excluding hydrogens is 590 g/mol. The zero-order valence-electron chi connectivity index (χ0n) is 26.5. The Labute approximate surface area is 265 Å². The highest BCUT2D eigenvalue weighted by molar-refractivity contribution is 7.90. The van der Waals surface area contributed by atoms with Crippen LogP contribution in [0.5, 0.6) is 0 Å². The van der Waals surface area contributed by atoms with Crippen molar-refractivity contribution in [1.82, 2.24) is 10.9 Å². The summed E-state index contributed by atoms with van der Waals surface area (Å²) in [5.74, 6) is -1.68. The molecular formula is C35H43N3O6S. The number of hydrogen-bond acceptors (Lipinski definition) is 7. The molecule has 0 unspecified atom stereocenters. The Hall–Kier alpha value is -4.05. The Balaban J connectivity index is 1.65. The average Bonchev–Trinajstić information content (AvgIpc) is 2.98. The van der Waals surface area contributed by atoms with Gasteiger partial charge in [-0.15, -0.1) is 0 Å². The highest BCUT2D eigenvalue weighted by Gasteiger charge is 2.26. The van der Waals surface area contributed by atoms with Crippen LogP contribution in [0, 0.1) is 5.41 Å². The van der Waals surface area contributed by atoms with Crippen molar-refractivity contribution < 1.29 is 27.5 Å². The van der Waals surface area contributed by atoms with Gasteiger partial charge in [-0.25, -0.2) is 18.6 Å². The van der Waals surface area contributed by atoms with Crippen molar-refractivity contribution in [2.75, 3.05) is 5.75 Å². The van der Waals surface area contributed by atoms with E-state index in [9.17, 15) is 22.8 Å². The van der Waals surface area contributed by atoms with E-state index in [1.54, 1.807) is 39.0 Å². The van der Waals surface area contributed by atoms with Crippen molar-refractivity contribution in [2.24, 2.45) is 0 Å². The van der Waals surface area contributed by atoms with Crippen molar-refractivity contribution in [3.63, 3.8) is 0 Å². The van der Waals surface area contributed by atoms with Crippen LogP contribution in [-0.2, 0) is 38.0 Å². The molecule has 3 aromatic carbocycles. The van der Waals surface area contributed by atoms with Gasteiger partial charge in [-0.2, -0.15) is 0 Å². The van der Waals surface area contributed by atoms with Crippen molar-refractivity contribution in [3.05, 3.63) is 82.4 Å². The first-order valence-electron chi connectivity index (χ1n) is 15.5. The molecule has 4 rings (SSSR count). The minimum Gasteiger partial charge on any atom is -0.443 e. The Kier molecular flexibility index (Phi) is 10.8.